The van der Waals surface area contributed by atoms with Crippen LogP contribution in [0.2, 0.25) is 0 Å². The molecule has 0 aliphatic carbocycles. The number of carbonyl (C=O) groups is 2. The number of aliphatic hydroxyl groups is 1. The van der Waals surface area contributed by atoms with Crippen molar-refractivity contribution < 1.29 is 19.4 Å². The van der Waals surface area contributed by atoms with Gasteiger partial charge in [-0.1, -0.05) is 0 Å². The van der Waals surface area contributed by atoms with Gasteiger partial charge < -0.3 is 14.6 Å². The van der Waals surface area contributed by atoms with Gasteiger partial charge in [0, 0.05) is 6.42 Å². The van der Waals surface area contributed by atoms with Crippen LogP contribution in [-0.4, -0.2) is 46.7 Å². The maximum absolute atomic E-state index is 11.6. The van der Waals surface area contributed by atoms with Gasteiger partial charge in [-0.2, -0.15) is 0 Å². The van der Waals surface area contributed by atoms with Gasteiger partial charge >= 0.3 is 6.09 Å². The number of aldehydes is 1. The third kappa shape index (κ3) is 3.20. The number of amides is 1. The Morgan fingerprint density at radius 3 is 2.60 bits per heavy atom. The van der Waals surface area contributed by atoms with Crippen LogP contribution >= 0.6 is 0 Å². The first-order valence-corrected chi connectivity index (χ1v) is 4.96. The number of likely N-dealkylation sites (tertiary alicyclic amines) is 1. The van der Waals surface area contributed by atoms with E-state index < -0.39 is 23.8 Å². The summed E-state index contributed by atoms with van der Waals surface area (Å²) in [6.07, 6.45) is -0.216. The summed E-state index contributed by atoms with van der Waals surface area (Å²) in [5.41, 5.74) is -0.585. The van der Waals surface area contributed by atoms with Crippen molar-refractivity contribution in [1.29, 1.82) is 0 Å². The van der Waals surface area contributed by atoms with E-state index in [9.17, 15) is 14.7 Å². The molecule has 0 bridgehead atoms. The molecule has 1 aliphatic heterocycles. The van der Waals surface area contributed by atoms with Gasteiger partial charge in [-0.15, -0.1) is 0 Å². The summed E-state index contributed by atoms with van der Waals surface area (Å²) in [5, 5.41) is 9.34. The molecule has 2 atom stereocenters. The van der Waals surface area contributed by atoms with Crippen molar-refractivity contribution in [1.82, 2.24) is 4.90 Å². The Kier molecular flexibility index (Phi) is 3.34. The molecule has 0 aromatic carbocycles. The highest BCUT2D eigenvalue weighted by atomic mass is 16.6. The normalized spacial score (nSPS) is 26.5. The topological polar surface area (TPSA) is 66.8 Å². The number of hydrogen-bond donors (Lipinski definition) is 1. The number of β-amino-alcohol motifs (C(OH)–C–C–N with tert-alkyl or cyclic N) is 1. The zero-order chi connectivity index (χ0) is 11.6. The number of hydrogen-bond acceptors (Lipinski definition) is 4. The molecule has 1 heterocycles. The van der Waals surface area contributed by atoms with Gasteiger partial charge in [0.1, 0.15) is 11.9 Å². The molecular weight excluding hydrogens is 198 g/mol. The molecule has 1 unspecified atom stereocenters. The van der Waals surface area contributed by atoms with Crippen LogP contribution in [0.5, 0.6) is 0 Å². The maximum atomic E-state index is 11.6. The predicted molar refractivity (Wildman–Crippen MR) is 53.4 cm³/mol. The summed E-state index contributed by atoms with van der Waals surface area (Å²) in [6, 6.07) is -0.560. The molecule has 1 amide bonds. The Balaban J connectivity index is 2.63. The standard InChI is InChI=1S/C10H17NO4/c1-10(2,3)15-9(14)11-5-8(13)4-7(11)6-12/h6-8,13H,4-5H2,1-3H3/t7-,8?/m0/s1. The van der Waals surface area contributed by atoms with E-state index in [1.54, 1.807) is 20.8 Å². The molecule has 1 aliphatic rings. The summed E-state index contributed by atoms with van der Waals surface area (Å²) in [5.74, 6) is 0. The van der Waals surface area contributed by atoms with Gasteiger partial charge in [-0.25, -0.2) is 4.79 Å². The van der Waals surface area contributed by atoms with Gasteiger partial charge in [0.15, 0.2) is 0 Å². The first kappa shape index (κ1) is 12.0. The average Bonchev–Trinajstić information content (AvgIpc) is 2.43. The predicted octanol–water partition coefficient (Wildman–Crippen LogP) is 0.556. The summed E-state index contributed by atoms with van der Waals surface area (Å²) >= 11 is 0. The van der Waals surface area contributed by atoms with Crippen LogP contribution in [0.3, 0.4) is 0 Å². The third-order valence-electron chi connectivity index (χ3n) is 2.11. The van der Waals surface area contributed by atoms with Gasteiger partial charge in [0.05, 0.1) is 18.7 Å². The Morgan fingerprint density at radius 1 is 1.53 bits per heavy atom. The summed E-state index contributed by atoms with van der Waals surface area (Å²) in [4.78, 5) is 23.5. The molecule has 1 saturated heterocycles. The fourth-order valence-corrected chi connectivity index (χ4v) is 1.50. The second-order valence-electron chi connectivity index (χ2n) is 4.73. The van der Waals surface area contributed by atoms with Crippen molar-refractivity contribution in [2.45, 2.75) is 44.9 Å². The van der Waals surface area contributed by atoms with Crippen molar-refractivity contribution in [3.63, 3.8) is 0 Å². The van der Waals surface area contributed by atoms with E-state index in [4.69, 9.17) is 4.74 Å². The van der Waals surface area contributed by atoms with E-state index in [2.05, 4.69) is 0 Å². The second-order valence-corrected chi connectivity index (χ2v) is 4.73. The van der Waals surface area contributed by atoms with E-state index in [0.29, 0.717) is 12.7 Å². The Hall–Kier alpha value is -1.10. The molecule has 15 heavy (non-hydrogen) atoms. The molecule has 0 aromatic heterocycles. The minimum Gasteiger partial charge on any atom is -0.444 e. The Bertz CT molecular complexity index is 259. The van der Waals surface area contributed by atoms with E-state index in [0.717, 1.165) is 0 Å². The van der Waals surface area contributed by atoms with E-state index in [1.807, 2.05) is 0 Å². The van der Waals surface area contributed by atoms with Gasteiger partial charge in [0.2, 0.25) is 0 Å². The molecule has 0 radical (unpaired) electrons. The van der Waals surface area contributed by atoms with Gasteiger partial charge in [0.25, 0.3) is 0 Å². The van der Waals surface area contributed by atoms with Crippen LogP contribution in [-0.2, 0) is 9.53 Å². The van der Waals surface area contributed by atoms with Crippen LogP contribution in [0.4, 0.5) is 4.79 Å². The second kappa shape index (κ2) is 4.18. The van der Waals surface area contributed by atoms with Crippen LogP contribution in [0.25, 0.3) is 0 Å². The van der Waals surface area contributed by atoms with Crippen LogP contribution < -0.4 is 0 Å². The average molecular weight is 215 g/mol. The fourth-order valence-electron chi connectivity index (χ4n) is 1.50. The third-order valence-corrected chi connectivity index (χ3v) is 2.11. The summed E-state index contributed by atoms with van der Waals surface area (Å²) in [6.45, 7) is 5.44. The monoisotopic (exact) mass is 215 g/mol. The lowest BCUT2D eigenvalue weighted by Crippen LogP contribution is -2.40. The summed E-state index contributed by atoms with van der Waals surface area (Å²) in [7, 11) is 0. The van der Waals surface area contributed by atoms with E-state index in [1.165, 1.54) is 4.90 Å². The molecule has 0 spiro atoms. The number of rotatable bonds is 1. The first-order chi connectivity index (χ1) is 6.83. The molecule has 86 valence electrons. The lowest BCUT2D eigenvalue weighted by atomic mass is 10.2. The van der Waals surface area contributed by atoms with E-state index in [-0.39, 0.29) is 6.54 Å². The van der Waals surface area contributed by atoms with Crippen molar-refractivity contribution in [2.75, 3.05) is 6.54 Å². The highest BCUT2D eigenvalue weighted by molar-refractivity contribution is 5.74. The van der Waals surface area contributed by atoms with Crippen molar-refractivity contribution in [3.8, 4) is 0 Å². The Morgan fingerprint density at radius 2 is 2.13 bits per heavy atom. The minimum atomic E-state index is -0.632. The molecule has 1 fully saturated rings. The lowest BCUT2D eigenvalue weighted by molar-refractivity contribution is -0.111. The SMILES string of the molecule is CC(C)(C)OC(=O)N1CC(O)C[C@H]1C=O. The molecule has 1 rings (SSSR count). The highest BCUT2D eigenvalue weighted by Crippen LogP contribution is 2.19. The van der Waals surface area contributed by atoms with Crippen molar-refractivity contribution in [2.24, 2.45) is 0 Å². The molecule has 5 nitrogen and oxygen atoms in total. The molecule has 5 heteroatoms. The largest absolute Gasteiger partial charge is 0.444 e. The number of nitrogens with zero attached hydrogens (tertiary/aromatic N) is 1. The molecular formula is C10H17NO4. The van der Waals surface area contributed by atoms with Gasteiger partial charge in [-0.3, -0.25) is 4.90 Å². The first-order valence-electron chi connectivity index (χ1n) is 4.96. The summed E-state index contributed by atoms with van der Waals surface area (Å²) < 4.78 is 5.12. The maximum Gasteiger partial charge on any atom is 0.410 e. The van der Waals surface area contributed by atoms with Crippen molar-refractivity contribution >= 4 is 12.4 Å². The zero-order valence-electron chi connectivity index (χ0n) is 9.27. The van der Waals surface area contributed by atoms with Crippen LogP contribution in [0.1, 0.15) is 27.2 Å². The zero-order valence-corrected chi connectivity index (χ0v) is 9.27. The molecule has 0 saturated carbocycles. The van der Waals surface area contributed by atoms with E-state index >= 15 is 0 Å². The van der Waals surface area contributed by atoms with Crippen molar-refractivity contribution in [3.05, 3.63) is 0 Å². The van der Waals surface area contributed by atoms with Crippen LogP contribution in [0.15, 0.2) is 0 Å². The number of carbonyl (C=O) groups excluding carboxylic acids is 2. The Labute approximate surface area is 89.0 Å². The molecule has 1 N–H and O–H groups in total. The minimum absolute atomic E-state index is 0.165. The fraction of sp³-hybridized carbons (Fsp3) is 0.800. The lowest BCUT2D eigenvalue weighted by Gasteiger charge is -2.26. The molecule has 0 aromatic rings. The smallest absolute Gasteiger partial charge is 0.410 e. The number of aliphatic hydroxyl groups excluding tert-OH is 1. The number of ether oxygens (including phenoxy) is 1. The quantitative estimate of drug-likeness (QED) is 0.649. The van der Waals surface area contributed by atoms with Crippen LogP contribution in [0, 0.1) is 0 Å². The highest BCUT2D eigenvalue weighted by Gasteiger charge is 2.36. The van der Waals surface area contributed by atoms with Gasteiger partial charge in [-0.05, 0) is 20.8 Å².